The Kier molecular flexibility index (Phi) is 5.44. The fourth-order valence-electron chi connectivity index (χ4n) is 2.03. The molecule has 0 saturated heterocycles. The van der Waals surface area contributed by atoms with E-state index in [1.165, 1.54) is 11.1 Å². The molecule has 96 valence electrons. The molecule has 0 amide bonds. The first-order chi connectivity index (χ1) is 8.90. The van der Waals surface area contributed by atoms with Crippen LogP contribution in [0.1, 0.15) is 11.1 Å². The third-order valence-corrected chi connectivity index (χ3v) is 3.82. The minimum Gasteiger partial charge on any atom is -0.493 e. The number of thioether (sulfide) groups is 1. The summed E-state index contributed by atoms with van der Waals surface area (Å²) in [4.78, 5) is 0. The molecule has 1 N–H and O–H groups in total. The summed E-state index contributed by atoms with van der Waals surface area (Å²) in [7, 11) is 0. The summed E-state index contributed by atoms with van der Waals surface area (Å²) in [6.45, 7) is 2.89. The second kappa shape index (κ2) is 7.35. The second-order valence-corrected chi connectivity index (χ2v) is 5.40. The van der Waals surface area contributed by atoms with Crippen molar-refractivity contribution < 1.29 is 4.74 Å². The quantitative estimate of drug-likeness (QED) is 0.600. The number of benzene rings is 1. The lowest BCUT2D eigenvalue weighted by Crippen LogP contribution is -2.20. The molecule has 0 aliphatic carbocycles. The predicted octanol–water partition coefficient (Wildman–Crippen LogP) is 2.12. The van der Waals surface area contributed by atoms with Gasteiger partial charge in [0.2, 0.25) is 0 Å². The third-order valence-electron chi connectivity index (χ3n) is 2.95. The molecule has 2 nitrogen and oxygen atoms in total. The first-order valence-electron chi connectivity index (χ1n) is 6.36. The minimum atomic E-state index is 0.812. The van der Waals surface area contributed by atoms with Crippen LogP contribution >= 0.6 is 11.8 Å². The number of rotatable bonds is 7. The number of fused-ring (bicyclic) bond motifs is 1. The molecule has 1 aliphatic rings. The largest absolute Gasteiger partial charge is 0.493 e. The first-order valence-corrected chi connectivity index (χ1v) is 7.52. The van der Waals surface area contributed by atoms with Gasteiger partial charge in [-0.05, 0) is 30.2 Å². The van der Waals surface area contributed by atoms with Crippen LogP contribution in [0.3, 0.4) is 0 Å². The Bertz CT molecular complexity index is 425. The van der Waals surface area contributed by atoms with E-state index in [9.17, 15) is 0 Å². The van der Waals surface area contributed by atoms with Gasteiger partial charge in [-0.2, -0.15) is 0 Å². The van der Waals surface area contributed by atoms with E-state index in [1.807, 2.05) is 0 Å². The lowest BCUT2D eigenvalue weighted by molar-refractivity contribution is 0.357. The maximum atomic E-state index is 5.50. The van der Waals surface area contributed by atoms with Gasteiger partial charge >= 0.3 is 0 Å². The Hall–Kier alpha value is -1.11. The van der Waals surface area contributed by atoms with E-state index in [4.69, 9.17) is 11.2 Å². The summed E-state index contributed by atoms with van der Waals surface area (Å²) in [6.07, 6.45) is 7.32. The number of terminal acetylenes is 1. The molecular weight excluding hydrogens is 242 g/mol. The number of hydrogen-bond donors (Lipinski definition) is 1. The van der Waals surface area contributed by atoms with E-state index in [2.05, 4.69) is 29.4 Å². The average Bonchev–Trinajstić information content (AvgIpc) is 2.85. The molecule has 0 aromatic heterocycles. The fraction of sp³-hybridized carbons (Fsp3) is 0.467. The Balaban J connectivity index is 1.63. The van der Waals surface area contributed by atoms with Crippen LogP contribution in [0.5, 0.6) is 5.75 Å². The highest BCUT2D eigenvalue weighted by Crippen LogP contribution is 2.25. The van der Waals surface area contributed by atoms with Crippen molar-refractivity contribution >= 4 is 11.8 Å². The molecule has 18 heavy (non-hydrogen) atoms. The zero-order chi connectivity index (χ0) is 12.6. The zero-order valence-corrected chi connectivity index (χ0v) is 11.4. The summed E-state index contributed by atoms with van der Waals surface area (Å²) in [6, 6.07) is 6.54. The normalized spacial score (nSPS) is 12.8. The highest BCUT2D eigenvalue weighted by atomic mass is 32.2. The van der Waals surface area contributed by atoms with Crippen molar-refractivity contribution in [1.29, 1.82) is 0 Å². The van der Waals surface area contributed by atoms with Crippen LogP contribution in [0.4, 0.5) is 0 Å². The van der Waals surface area contributed by atoms with Gasteiger partial charge in [-0.1, -0.05) is 18.1 Å². The van der Waals surface area contributed by atoms with E-state index in [0.29, 0.717) is 0 Å². The van der Waals surface area contributed by atoms with Gasteiger partial charge in [-0.25, -0.2) is 0 Å². The van der Waals surface area contributed by atoms with E-state index in [0.717, 1.165) is 49.8 Å². The van der Waals surface area contributed by atoms with Gasteiger partial charge < -0.3 is 10.1 Å². The maximum absolute atomic E-state index is 5.50. The van der Waals surface area contributed by atoms with Gasteiger partial charge in [0, 0.05) is 18.7 Å². The van der Waals surface area contributed by atoms with E-state index < -0.39 is 0 Å². The number of hydrogen-bond acceptors (Lipinski definition) is 3. The molecular formula is C15H19NOS. The Morgan fingerprint density at radius 2 is 2.33 bits per heavy atom. The molecule has 0 fully saturated rings. The lowest BCUT2D eigenvalue weighted by Gasteiger charge is -2.06. The molecule has 0 saturated carbocycles. The summed E-state index contributed by atoms with van der Waals surface area (Å²) in [5.41, 5.74) is 2.75. The molecule has 1 aromatic carbocycles. The highest BCUT2D eigenvalue weighted by Gasteiger charge is 2.11. The highest BCUT2D eigenvalue weighted by molar-refractivity contribution is 7.99. The molecule has 0 bridgehead atoms. The van der Waals surface area contributed by atoms with Crippen molar-refractivity contribution in [2.24, 2.45) is 0 Å². The van der Waals surface area contributed by atoms with Crippen LogP contribution < -0.4 is 10.1 Å². The van der Waals surface area contributed by atoms with Gasteiger partial charge in [0.05, 0.1) is 12.4 Å². The Labute approximate surface area is 113 Å². The van der Waals surface area contributed by atoms with Crippen molar-refractivity contribution in [2.45, 2.75) is 12.8 Å². The van der Waals surface area contributed by atoms with Crippen LogP contribution in [0, 0.1) is 12.3 Å². The Morgan fingerprint density at radius 1 is 1.39 bits per heavy atom. The van der Waals surface area contributed by atoms with Crippen LogP contribution in [0.25, 0.3) is 0 Å². The van der Waals surface area contributed by atoms with Crippen molar-refractivity contribution in [2.75, 3.05) is 31.2 Å². The van der Waals surface area contributed by atoms with Crippen LogP contribution in [0.15, 0.2) is 18.2 Å². The van der Waals surface area contributed by atoms with Crippen molar-refractivity contribution in [1.82, 2.24) is 5.32 Å². The molecule has 1 aliphatic heterocycles. The molecule has 2 rings (SSSR count). The summed E-state index contributed by atoms with van der Waals surface area (Å²) < 4.78 is 5.50. The van der Waals surface area contributed by atoms with Gasteiger partial charge in [0.25, 0.3) is 0 Å². The van der Waals surface area contributed by atoms with Gasteiger partial charge in [-0.3, -0.25) is 0 Å². The fourth-order valence-corrected chi connectivity index (χ4v) is 2.58. The molecule has 1 heterocycles. The number of ether oxygens (including phenoxy) is 1. The van der Waals surface area contributed by atoms with Gasteiger partial charge in [-0.15, -0.1) is 18.2 Å². The average molecular weight is 261 g/mol. The van der Waals surface area contributed by atoms with Crippen LogP contribution in [-0.4, -0.2) is 31.2 Å². The SMILES string of the molecule is C#CCSCCNCCc1ccc2c(c1)CCO2. The molecule has 0 radical (unpaired) electrons. The molecule has 1 aromatic rings. The molecule has 0 spiro atoms. The first kappa shape index (κ1) is 13.3. The van der Waals surface area contributed by atoms with E-state index in [-0.39, 0.29) is 0 Å². The summed E-state index contributed by atoms with van der Waals surface area (Å²) >= 11 is 1.80. The van der Waals surface area contributed by atoms with Crippen LogP contribution in [-0.2, 0) is 12.8 Å². The summed E-state index contributed by atoms with van der Waals surface area (Å²) in [5.74, 6) is 5.60. The third kappa shape index (κ3) is 3.97. The van der Waals surface area contributed by atoms with Crippen molar-refractivity contribution in [3.63, 3.8) is 0 Å². The monoisotopic (exact) mass is 261 g/mol. The molecule has 0 atom stereocenters. The van der Waals surface area contributed by atoms with Crippen molar-refractivity contribution in [3.05, 3.63) is 29.3 Å². The summed E-state index contributed by atoms with van der Waals surface area (Å²) in [5, 5.41) is 3.44. The minimum absolute atomic E-state index is 0.812. The van der Waals surface area contributed by atoms with Gasteiger partial charge in [0.1, 0.15) is 5.75 Å². The van der Waals surface area contributed by atoms with E-state index >= 15 is 0 Å². The number of nitrogens with one attached hydrogen (secondary N) is 1. The lowest BCUT2D eigenvalue weighted by atomic mass is 10.1. The van der Waals surface area contributed by atoms with Crippen molar-refractivity contribution in [3.8, 4) is 18.1 Å². The molecule has 3 heteroatoms. The molecule has 0 unspecified atom stereocenters. The second-order valence-electron chi connectivity index (χ2n) is 4.30. The van der Waals surface area contributed by atoms with E-state index in [1.54, 1.807) is 11.8 Å². The standard InChI is InChI=1S/C15H19NOS/c1-2-10-18-11-8-16-7-5-13-3-4-15-14(12-13)6-9-17-15/h1,3-4,12,16H,5-11H2. The predicted molar refractivity (Wildman–Crippen MR) is 78.4 cm³/mol. The smallest absolute Gasteiger partial charge is 0.122 e. The topological polar surface area (TPSA) is 21.3 Å². The Morgan fingerprint density at radius 3 is 3.22 bits per heavy atom. The maximum Gasteiger partial charge on any atom is 0.122 e. The zero-order valence-electron chi connectivity index (χ0n) is 10.6. The van der Waals surface area contributed by atoms with Gasteiger partial charge in [0.15, 0.2) is 0 Å². The van der Waals surface area contributed by atoms with Crippen LogP contribution in [0.2, 0.25) is 0 Å².